The third-order valence-corrected chi connectivity index (χ3v) is 3.12. The zero-order chi connectivity index (χ0) is 10.1. The Morgan fingerprint density at radius 2 is 1.71 bits per heavy atom. The first-order valence-corrected chi connectivity index (χ1v) is 5.20. The minimum Gasteiger partial charge on any atom is -0.525 e. The van der Waals surface area contributed by atoms with Gasteiger partial charge in [0.25, 0.3) is 0 Å². The van der Waals surface area contributed by atoms with Gasteiger partial charge in [0.1, 0.15) is 0 Å². The van der Waals surface area contributed by atoms with Crippen molar-refractivity contribution in [3.05, 3.63) is 40.3 Å². The van der Waals surface area contributed by atoms with Gasteiger partial charge in [0.05, 0.1) is 12.5 Å². The lowest BCUT2D eigenvalue weighted by Gasteiger charge is -2.10. The summed E-state index contributed by atoms with van der Waals surface area (Å²) in [6.45, 7) is 4.10. The molecule has 14 heavy (non-hydrogen) atoms. The van der Waals surface area contributed by atoms with Gasteiger partial charge in [-0.05, 0) is 31.0 Å². The summed E-state index contributed by atoms with van der Waals surface area (Å²) in [5, 5.41) is 0. The van der Waals surface area contributed by atoms with Crippen LogP contribution in [-0.4, -0.2) is 7.12 Å². The third-order valence-electron chi connectivity index (χ3n) is 2.26. The fourth-order valence-corrected chi connectivity index (χ4v) is 1.90. The minimum atomic E-state index is -0.276. The predicted molar refractivity (Wildman–Crippen MR) is 60.3 cm³/mol. The highest BCUT2D eigenvalue weighted by Crippen LogP contribution is 2.17. The van der Waals surface area contributed by atoms with Crippen LogP contribution < -0.4 is 5.46 Å². The predicted octanol–water partition coefficient (Wildman–Crippen LogP) is 2.28. The van der Waals surface area contributed by atoms with Crippen LogP contribution in [0.1, 0.15) is 11.1 Å². The second-order valence-electron chi connectivity index (χ2n) is 3.33. The van der Waals surface area contributed by atoms with Gasteiger partial charge in [0, 0.05) is 9.94 Å². The summed E-state index contributed by atoms with van der Waals surface area (Å²) in [5.41, 5.74) is 3.43. The summed E-state index contributed by atoms with van der Waals surface area (Å²) in [6, 6.07) is 4.16. The highest BCUT2D eigenvalue weighted by atomic mass is 79.9. The smallest absolute Gasteiger partial charge is 0.525 e. The van der Waals surface area contributed by atoms with E-state index in [-0.39, 0.29) is 7.12 Å². The van der Waals surface area contributed by atoms with E-state index in [0.29, 0.717) is 0 Å². The molecule has 4 heteroatoms. The van der Waals surface area contributed by atoms with Crippen molar-refractivity contribution in [2.75, 3.05) is 0 Å². The lowest BCUT2D eigenvalue weighted by molar-refractivity contribution is 0.423. The molecule has 0 radical (unpaired) electrons. The first kappa shape index (κ1) is 9.65. The molecule has 0 saturated carbocycles. The van der Waals surface area contributed by atoms with E-state index >= 15 is 0 Å². The van der Waals surface area contributed by atoms with Gasteiger partial charge >= 0.3 is 7.12 Å². The van der Waals surface area contributed by atoms with Crippen LogP contribution in [0.15, 0.2) is 29.1 Å². The first-order chi connectivity index (χ1) is 6.68. The van der Waals surface area contributed by atoms with Crippen LogP contribution in [0.5, 0.6) is 0 Å². The standard InChI is InChI=1S/C10H10BBrO2/c1-7-6-10(12)8(2)5-9(7)11-13-3-4-14-11/h3-6H,1-2H3. The van der Waals surface area contributed by atoms with Crippen LogP contribution in [0.3, 0.4) is 0 Å². The molecular formula is C10H10BBrO2. The molecule has 0 aromatic heterocycles. The Bertz CT molecular complexity index is 382. The molecule has 0 amide bonds. The molecule has 0 spiro atoms. The lowest BCUT2D eigenvalue weighted by Crippen LogP contribution is -2.33. The van der Waals surface area contributed by atoms with Crippen LogP contribution >= 0.6 is 15.9 Å². The number of aryl methyl sites for hydroxylation is 2. The number of hydrogen-bond acceptors (Lipinski definition) is 2. The molecular weight excluding hydrogens is 243 g/mol. The lowest BCUT2D eigenvalue weighted by atomic mass is 9.76. The zero-order valence-corrected chi connectivity index (χ0v) is 9.67. The number of hydrogen-bond donors (Lipinski definition) is 0. The van der Waals surface area contributed by atoms with Crippen molar-refractivity contribution in [3.8, 4) is 0 Å². The van der Waals surface area contributed by atoms with E-state index in [4.69, 9.17) is 9.31 Å². The summed E-state index contributed by atoms with van der Waals surface area (Å²) in [7, 11) is -0.276. The van der Waals surface area contributed by atoms with E-state index in [1.807, 2.05) is 6.92 Å². The van der Waals surface area contributed by atoms with Crippen molar-refractivity contribution in [3.63, 3.8) is 0 Å². The molecule has 2 nitrogen and oxygen atoms in total. The third kappa shape index (κ3) is 1.66. The first-order valence-electron chi connectivity index (χ1n) is 4.41. The molecule has 1 aromatic carbocycles. The van der Waals surface area contributed by atoms with Crippen molar-refractivity contribution in [1.82, 2.24) is 0 Å². The van der Waals surface area contributed by atoms with Gasteiger partial charge in [0.15, 0.2) is 0 Å². The van der Waals surface area contributed by atoms with E-state index in [2.05, 4.69) is 35.0 Å². The Hall–Kier alpha value is -0.895. The maximum atomic E-state index is 5.30. The second kappa shape index (κ2) is 3.69. The van der Waals surface area contributed by atoms with Crippen molar-refractivity contribution < 1.29 is 9.31 Å². The highest BCUT2D eigenvalue weighted by Gasteiger charge is 2.28. The van der Waals surface area contributed by atoms with E-state index in [1.165, 1.54) is 5.56 Å². The molecule has 1 aliphatic heterocycles. The van der Waals surface area contributed by atoms with E-state index < -0.39 is 0 Å². The van der Waals surface area contributed by atoms with Gasteiger partial charge in [0.2, 0.25) is 0 Å². The monoisotopic (exact) mass is 252 g/mol. The molecule has 0 fully saturated rings. The Kier molecular flexibility index (Phi) is 2.55. The van der Waals surface area contributed by atoms with E-state index in [1.54, 1.807) is 12.5 Å². The van der Waals surface area contributed by atoms with E-state index in [9.17, 15) is 0 Å². The average Bonchev–Trinajstić information content (AvgIpc) is 2.64. The van der Waals surface area contributed by atoms with Crippen LogP contribution in [0.25, 0.3) is 0 Å². The van der Waals surface area contributed by atoms with E-state index in [0.717, 1.165) is 15.5 Å². The van der Waals surface area contributed by atoms with Crippen molar-refractivity contribution in [2.45, 2.75) is 13.8 Å². The van der Waals surface area contributed by atoms with Gasteiger partial charge in [-0.25, -0.2) is 0 Å². The normalized spacial score (nSPS) is 14.1. The van der Waals surface area contributed by atoms with Crippen LogP contribution in [0.4, 0.5) is 0 Å². The summed E-state index contributed by atoms with van der Waals surface area (Å²) in [5.74, 6) is 0. The SMILES string of the molecule is Cc1cc(B2OC=CO2)c(C)cc1Br. The summed E-state index contributed by atoms with van der Waals surface area (Å²) in [4.78, 5) is 0. The molecule has 0 saturated heterocycles. The Labute approximate surface area is 92.2 Å². The average molecular weight is 253 g/mol. The van der Waals surface area contributed by atoms with Crippen molar-refractivity contribution >= 4 is 28.5 Å². The summed E-state index contributed by atoms with van der Waals surface area (Å²) >= 11 is 3.49. The van der Waals surface area contributed by atoms with Gasteiger partial charge < -0.3 is 9.31 Å². The largest absolute Gasteiger partial charge is 0.632 e. The van der Waals surface area contributed by atoms with Gasteiger partial charge in [-0.3, -0.25) is 0 Å². The quantitative estimate of drug-likeness (QED) is 0.714. The topological polar surface area (TPSA) is 18.5 Å². The van der Waals surface area contributed by atoms with Crippen molar-refractivity contribution in [1.29, 1.82) is 0 Å². The maximum Gasteiger partial charge on any atom is 0.632 e. The molecule has 1 heterocycles. The van der Waals surface area contributed by atoms with Crippen LogP contribution in [0, 0.1) is 13.8 Å². The molecule has 1 aliphatic rings. The van der Waals surface area contributed by atoms with Gasteiger partial charge in [-0.2, -0.15) is 0 Å². The number of halogens is 1. The molecule has 0 N–H and O–H groups in total. The van der Waals surface area contributed by atoms with Crippen LogP contribution in [0.2, 0.25) is 0 Å². The molecule has 0 atom stereocenters. The summed E-state index contributed by atoms with van der Waals surface area (Å²) < 4.78 is 11.7. The Morgan fingerprint density at radius 1 is 1.07 bits per heavy atom. The van der Waals surface area contributed by atoms with Crippen molar-refractivity contribution in [2.24, 2.45) is 0 Å². The molecule has 0 unspecified atom stereocenters. The zero-order valence-electron chi connectivity index (χ0n) is 8.08. The van der Waals surface area contributed by atoms with Gasteiger partial charge in [-0.15, -0.1) is 0 Å². The molecule has 72 valence electrons. The molecule has 0 bridgehead atoms. The van der Waals surface area contributed by atoms with Crippen LogP contribution in [-0.2, 0) is 9.31 Å². The fraction of sp³-hybridized carbons (Fsp3) is 0.200. The fourth-order valence-electron chi connectivity index (χ4n) is 1.44. The second-order valence-corrected chi connectivity index (χ2v) is 4.19. The maximum absolute atomic E-state index is 5.30. The van der Waals surface area contributed by atoms with Gasteiger partial charge in [-0.1, -0.05) is 22.0 Å². The molecule has 2 rings (SSSR count). The summed E-state index contributed by atoms with van der Waals surface area (Å²) in [6.07, 6.45) is 3.14. The molecule has 0 aliphatic carbocycles. The molecule has 1 aromatic rings. The Balaban J connectivity index is 2.38. The number of rotatable bonds is 1. The Morgan fingerprint density at radius 3 is 2.36 bits per heavy atom. The number of benzene rings is 1. The highest BCUT2D eigenvalue weighted by molar-refractivity contribution is 9.10. The minimum absolute atomic E-state index is 0.276.